The molecule has 0 radical (unpaired) electrons. The van der Waals surface area contributed by atoms with Gasteiger partial charge >= 0.3 is 6.03 Å². The van der Waals surface area contributed by atoms with Gasteiger partial charge in [-0.1, -0.05) is 30.3 Å². The maximum absolute atomic E-state index is 11.8. The minimum Gasteiger partial charge on any atom is -0.349 e. The summed E-state index contributed by atoms with van der Waals surface area (Å²) in [7, 11) is 0. The van der Waals surface area contributed by atoms with Crippen LogP contribution in [0, 0.1) is 0 Å². The number of nitrogens with zero attached hydrogens (tertiary/aromatic N) is 2. The lowest BCUT2D eigenvalue weighted by atomic mass is 10.1. The number of H-pyrrole nitrogens is 1. The van der Waals surface area contributed by atoms with Crippen LogP contribution >= 0.6 is 0 Å². The van der Waals surface area contributed by atoms with Crippen LogP contribution in [0.15, 0.2) is 30.3 Å². The summed E-state index contributed by atoms with van der Waals surface area (Å²) >= 11 is 0. The van der Waals surface area contributed by atoms with E-state index in [4.69, 9.17) is 0 Å². The van der Waals surface area contributed by atoms with Crippen molar-refractivity contribution in [2.75, 3.05) is 0 Å². The number of hydrogen-bond donors (Lipinski definition) is 4. The number of urea groups is 1. The fraction of sp³-hybridized carbons (Fsp3) is 0.267. The zero-order valence-electron chi connectivity index (χ0n) is 12.7. The van der Waals surface area contributed by atoms with Gasteiger partial charge in [-0.3, -0.25) is 20.0 Å². The van der Waals surface area contributed by atoms with Crippen molar-refractivity contribution in [2.24, 2.45) is 0 Å². The Morgan fingerprint density at radius 3 is 2.71 bits per heavy atom. The number of amides is 4. The number of aromatic amines is 1. The predicted molar refractivity (Wildman–Crippen MR) is 83.4 cm³/mol. The predicted octanol–water partition coefficient (Wildman–Crippen LogP) is 0.0761. The van der Waals surface area contributed by atoms with E-state index in [0.717, 1.165) is 5.56 Å². The van der Waals surface area contributed by atoms with Crippen molar-refractivity contribution in [3.05, 3.63) is 36.2 Å². The summed E-state index contributed by atoms with van der Waals surface area (Å²) in [6.07, 6.45) is 0.368. The molecule has 0 unspecified atom stereocenters. The number of hydrogen-bond acceptors (Lipinski definition) is 5. The van der Waals surface area contributed by atoms with E-state index in [0.29, 0.717) is 11.6 Å². The van der Waals surface area contributed by atoms with Gasteiger partial charge in [0.25, 0.3) is 5.91 Å². The molecule has 4 N–H and O–H groups in total. The maximum atomic E-state index is 11.8. The highest BCUT2D eigenvalue weighted by atomic mass is 16.2. The number of benzene rings is 1. The molecule has 3 rings (SSSR count). The van der Waals surface area contributed by atoms with Crippen molar-refractivity contribution >= 4 is 17.8 Å². The van der Waals surface area contributed by atoms with Crippen LogP contribution < -0.4 is 16.0 Å². The first-order valence-electron chi connectivity index (χ1n) is 7.46. The highest BCUT2D eigenvalue weighted by Crippen LogP contribution is 2.13. The van der Waals surface area contributed by atoms with Gasteiger partial charge in [0.1, 0.15) is 11.9 Å². The Balaban J connectivity index is 1.46. The molecule has 0 aliphatic carbocycles. The molecule has 1 aromatic carbocycles. The molecular weight excluding hydrogens is 312 g/mol. The topological polar surface area (TPSA) is 129 Å². The number of rotatable bonds is 6. The number of imide groups is 1. The zero-order chi connectivity index (χ0) is 16.9. The van der Waals surface area contributed by atoms with Gasteiger partial charge in [-0.05, 0) is 6.42 Å². The maximum Gasteiger partial charge on any atom is 0.322 e. The summed E-state index contributed by atoms with van der Waals surface area (Å²) in [6, 6.07) is 8.30. The van der Waals surface area contributed by atoms with E-state index in [-0.39, 0.29) is 25.3 Å². The molecule has 124 valence electrons. The molecular formula is C15H16N6O3. The minimum atomic E-state index is -0.654. The van der Waals surface area contributed by atoms with E-state index < -0.39 is 18.0 Å². The smallest absolute Gasteiger partial charge is 0.322 e. The fourth-order valence-electron chi connectivity index (χ4n) is 2.30. The lowest BCUT2D eigenvalue weighted by Gasteiger charge is -2.06. The molecule has 2 heterocycles. The van der Waals surface area contributed by atoms with Gasteiger partial charge in [0.2, 0.25) is 5.91 Å². The van der Waals surface area contributed by atoms with E-state index in [9.17, 15) is 14.4 Å². The standard InChI is InChI=1S/C15H16N6O3/c22-12(7-6-10-14(23)19-15(24)17-10)16-8-11-18-13(21-20-11)9-4-2-1-3-5-9/h1-5,10H,6-8H2,(H,16,22)(H,18,20,21)(H2,17,19,23,24)/t10-/m0/s1. The van der Waals surface area contributed by atoms with Gasteiger partial charge in [0, 0.05) is 12.0 Å². The van der Waals surface area contributed by atoms with Crippen molar-refractivity contribution < 1.29 is 14.4 Å². The highest BCUT2D eigenvalue weighted by molar-refractivity contribution is 6.04. The molecule has 9 heteroatoms. The van der Waals surface area contributed by atoms with Gasteiger partial charge in [0.05, 0.1) is 6.54 Å². The van der Waals surface area contributed by atoms with Crippen molar-refractivity contribution in [2.45, 2.75) is 25.4 Å². The average molecular weight is 328 g/mol. The second-order valence-electron chi connectivity index (χ2n) is 5.30. The molecule has 9 nitrogen and oxygen atoms in total. The Bertz CT molecular complexity index is 758. The lowest BCUT2D eigenvalue weighted by Crippen LogP contribution is -2.31. The van der Waals surface area contributed by atoms with E-state index in [1.54, 1.807) is 0 Å². The quantitative estimate of drug-likeness (QED) is 0.558. The summed E-state index contributed by atoms with van der Waals surface area (Å²) < 4.78 is 0. The van der Waals surface area contributed by atoms with Crippen molar-refractivity contribution in [1.29, 1.82) is 0 Å². The molecule has 2 aromatic rings. The van der Waals surface area contributed by atoms with Crippen molar-refractivity contribution in [3.8, 4) is 11.4 Å². The number of nitrogens with one attached hydrogen (secondary N) is 4. The monoisotopic (exact) mass is 328 g/mol. The lowest BCUT2D eigenvalue weighted by molar-refractivity contribution is -0.122. The first-order chi connectivity index (χ1) is 11.6. The molecule has 1 saturated heterocycles. The second-order valence-corrected chi connectivity index (χ2v) is 5.30. The van der Waals surface area contributed by atoms with Crippen LogP contribution in [0.1, 0.15) is 18.7 Å². The first-order valence-corrected chi connectivity index (χ1v) is 7.46. The van der Waals surface area contributed by atoms with Crippen molar-refractivity contribution in [3.63, 3.8) is 0 Å². The van der Waals surface area contributed by atoms with E-state index in [2.05, 4.69) is 31.1 Å². The average Bonchev–Trinajstić information content (AvgIpc) is 3.18. The Morgan fingerprint density at radius 2 is 2.00 bits per heavy atom. The molecule has 0 spiro atoms. The number of carbonyl (C=O) groups excluding carboxylic acids is 3. The van der Waals surface area contributed by atoms with Crippen molar-refractivity contribution in [1.82, 2.24) is 31.1 Å². The van der Waals surface area contributed by atoms with E-state index >= 15 is 0 Å². The Morgan fingerprint density at radius 1 is 1.21 bits per heavy atom. The van der Waals surface area contributed by atoms with Crippen LogP contribution in [-0.2, 0) is 16.1 Å². The Kier molecular flexibility index (Phi) is 4.50. The van der Waals surface area contributed by atoms with Gasteiger partial charge < -0.3 is 10.6 Å². The van der Waals surface area contributed by atoms with Gasteiger partial charge in [-0.15, -0.1) is 0 Å². The zero-order valence-corrected chi connectivity index (χ0v) is 12.7. The van der Waals surface area contributed by atoms with Crippen LogP contribution in [0.25, 0.3) is 11.4 Å². The third-order valence-electron chi connectivity index (χ3n) is 3.54. The minimum absolute atomic E-state index is 0.123. The van der Waals surface area contributed by atoms with Gasteiger partial charge in [0.15, 0.2) is 5.82 Å². The molecule has 24 heavy (non-hydrogen) atoms. The highest BCUT2D eigenvalue weighted by Gasteiger charge is 2.29. The summed E-state index contributed by atoms with van der Waals surface area (Å²) in [5.41, 5.74) is 0.884. The largest absolute Gasteiger partial charge is 0.349 e. The normalized spacial score (nSPS) is 16.6. The number of aromatic nitrogens is 3. The van der Waals surface area contributed by atoms with Crippen LogP contribution in [0.4, 0.5) is 4.79 Å². The SMILES string of the molecule is O=C(CC[C@@H]1NC(=O)NC1=O)NCc1nc(-c2ccccc2)n[nH]1. The Labute approximate surface area is 137 Å². The molecule has 1 fully saturated rings. The van der Waals surface area contributed by atoms with Gasteiger partial charge in [-0.2, -0.15) is 5.10 Å². The third kappa shape index (κ3) is 3.75. The third-order valence-corrected chi connectivity index (χ3v) is 3.54. The summed E-state index contributed by atoms with van der Waals surface area (Å²) in [5.74, 6) is 0.455. The summed E-state index contributed by atoms with van der Waals surface area (Å²) in [6.45, 7) is 0.210. The molecule has 0 saturated carbocycles. The Hall–Kier alpha value is -3.23. The first kappa shape index (κ1) is 15.7. The van der Waals surface area contributed by atoms with Crippen LogP contribution in [-0.4, -0.2) is 39.1 Å². The molecule has 1 atom stereocenters. The molecule has 4 amide bonds. The molecule has 1 aliphatic heterocycles. The van der Waals surface area contributed by atoms with E-state index in [1.807, 2.05) is 30.3 Å². The van der Waals surface area contributed by atoms with E-state index in [1.165, 1.54) is 0 Å². The second kappa shape index (κ2) is 6.90. The molecule has 1 aliphatic rings. The van der Waals surface area contributed by atoms with Gasteiger partial charge in [-0.25, -0.2) is 9.78 Å². The molecule has 0 bridgehead atoms. The summed E-state index contributed by atoms with van der Waals surface area (Å²) in [4.78, 5) is 38.5. The van der Waals surface area contributed by atoms with Crippen LogP contribution in [0.2, 0.25) is 0 Å². The van der Waals surface area contributed by atoms with Crippen LogP contribution in [0.3, 0.4) is 0 Å². The summed E-state index contributed by atoms with van der Waals surface area (Å²) in [5, 5.41) is 14.1. The number of carbonyl (C=O) groups is 3. The molecule has 1 aromatic heterocycles. The fourth-order valence-corrected chi connectivity index (χ4v) is 2.30. The van der Waals surface area contributed by atoms with Crippen LogP contribution in [0.5, 0.6) is 0 Å².